The molecule has 5 nitrogen and oxygen atoms in total. The van der Waals surface area contributed by atoms with Crippen LogP contribution in [0.3, 0.4) is 0 Å². The number of hydrogen-bond acceptors (Lipinski definition) is 4. The van der Waals surface area contributed by atoms with Crippen LogP contribution in [0.5, 0.6) is 0 Å². The van der Waals surface area contributed by atoms with Crippen molar-refractivity contribution in [3.8, 4) is 6.07 Å². The third kappa shape index (κ3) is 2.93. The van der Waals surface area contributed by atoms with E-state index in [1.54, 1.807) is 6.07 Å². The zero-order valence-corrected chi connectivity index (χ0v) is 13.1. The zero-order valence-electron chi connectivity index (χ0n) is 12.3. The van der Waals surface area contributed by atoms with Crippen LogP contribution >= 0.6 is 0 Å². The summed E-state index contributed by atoms with van der Waals surface area (Å²) in [6.07, 6.45) is 0. The molecule has 1 aromatic carbocycles. The van der Waals surface area contributed by atoms with Crippen LogP contribution in [0.1, 0.15) is 19.4 Å². The van der Waals surface area contributed by atoms with E-state index in [0.29, 0.717) is 19.6 Å². The van der Waals surface area contributed by atoms with Crippen LogP contribution in [-0.2, 0) is 10.0 Å². The molecule has 1 saturated heterocycles. The van der Waals surface area contributed by atoms with Crippen molar-refractivity contribution in [2.75, 3.05) is 26.7 Å². The van der Waals surface area contributed by atoms with E-state index in [1.165, 1.54) is 10.4 Å². The van der Waals surface area contributed by atoms with Gasteiger partial charge in [0.05, 0.1) is 10.5 Å². The molecule has 0 bridgehead atoms. The first-order valence-corrected chi connectivity index (χ1v) is 8.03. The monoisotopic (exact) mass is 311 g/mol. The number of sulfonamides is 1. The fraction of sp³-hybridized carbons (Fsp3) is 0.500. The third-order valence-electron chi connectivity index (χ3n) is 3.98. The molecule has 1 aliphatic heterocycles. The minimum absolute atomic E-state index is 0.0409. The van der Waals surface area contributed by atoms with E-state index in [9.17, 15) is 12.8 Å². The van der Waals surface area contributed by atoms with Gasteiger partial charge in [-0.25, -0.2) is 12.8 Å². The van der Waals surface area contributed by atoms with Crippen LogP contribution in [-0.4, -0.2) is 49.8 Å². The number of nitriles is 1. The summed E-state index contributed by atoms with van der Waals surface area (Å²) >= 11 is 0. The Kier molecular flexibility index (Phi) is 4.06. The van der Waals surface area contributed by atoms with Gasteiger partial charge in [0.15, 0.2) is 0 Å². The highest BCUT2D eigenvalue weighted by molar-refractivity contribution is 7.89. The molecule has 0 N–H and O–H groups in total. The van der Waals surface area contributed by atoms with Crippen LogP contribution in [0.2, 0.25) is 0 Å². The molecule has 0 spiro atoms. The number of rotatable bonds is 2. The summed E-state index contributed by atoms with van der Waals surface area (Å²) in [5.74, 6) is -0.713. The highest BCUT2D eigenvalue weighted by Gasteiger charge is 2.37. The van der Waals surface area contributed by atoms with Crippen LogP contribution < -0.4 is 0 Å². The second kappa shape index (κ2) is 5.37. The van der Waals surface area contributed by atoms with Gasteiger partial charge in [-0.05, 0) is 39.1 Å². The van der Waals surface area contributed by atoms with E-state index in [1.807, 2.05) is 20.9 Å². The van der Waals surface area contributed by atoms with Gasteiger partial charge in [0.1, 0.15) is 11.9 Å². The predicted molar refractivity (Wildman–Crippen MR) is 76.6 cm³/mol. The van der Waals surface area contributed by atoms with Crippen molar-refractivity contribution in [3.63, 3.8) is 0 Å². The Morgan fingerprint density at radius 2 is 2.00 bits per heavy atom. The Balaban J connectivity index is 2.37. The number of benzene rings is 1. The van der Waals surface area contributed by atoms with Gasteiger partial charge in [-0.1, -0.05) is 0 Å². The lowest BCUT2D eigenvalue weighted by Gasteiger charge is -2.44. The molecule has 1 fully saturated rings. The van der Waals surface area contributed by atoms with E-state index in [2.05, 4.69) is 4.90 Å². The van der Waals surface area contributed by atoms with Crippen LogP contribution in [0, 0.1) is 17.1 Å². The first kappa shape index (κ1) is 15.9. The molecule has 1 aliphatic rings. The van der Waals surface area contributed by atoms with E-state index in [-0.39, 0.29) is 16.0 Å². The summed E-state index contributed by atoms with van der Waals surface area (Å²) < 4.78 is 40.0. The summed E-state index contributed by atoms with van der Waals surface area (Å²) in [7, 11) is -1.76. The lowest BCUT2D eigenvalue weighted by molar-refractivity contribution is 0.0801. The van der Waals surface area contributed by atoms with Gasteiger partial charge in [0.25, 0.3) is 0 Å². The van der Waals surface area contributed by atoms with Crippen molar-refractivity contribution in [1.82, 2.24) is 9.21 Å². The van der Waals surface area contributed by atoms with Crippen molar-refractivity contribution >= 4 is 10.0 Å². The van der Waals surface area contributed by atoms with Gasteiger partial charge < -0.3 is 0 Å². The predicted octanol–water partition coefficient (Wildman–Crippen LogP) is 1.41. The average molecular weight is 311 g/mol. The zero-order chi connectivity index (χ0) is 15.8. The molecule has 0 saturated carbocycles. The second-order valence-electron chi connectivity index (χ2n) is 5.83. The van der Waals surface area contributed by atoms with Crippen molar-refractivity contribution in [2.45, 2.75) is 24.3 Å². The summed E-state index contributed by atoms with van der Waals surface area (Å²) in [6, 6.07) is 4.99. The summed E-state index contributed by atoms with van der Waals surface area (Å²) in [5.41, 5.74) is -0.534. The van der Waals surface area contributed by atoms with Gasteiger partial charge in [-0.15, -0.1) is 0 Å². The Labute approximate surface area is 124 Å². The van der Waals surface area contributed by atoms with Crippen molar-refractivity contribution in [2.24, 2.45) is 0 Å². The van der Waals surface area contributed by atoms with Crippen molar-refractivity contribution < 1.29 is 12.8 Å². The maximum atomic E-state index is 13.3. The van der Waals surface area contributed by atoms with Crippen LogP contribution in [0.25, 0.3) is 0 Å². The van der Waals surface area contributed by atoms with E-state index >= 15 is 0 Å². The quantitative estimate of drug-likeness (QED) is 0.828. The molecular weight excluding hydrogens is 293 g/mol. The van der Waals surface area contributed by atoms with E-state index < -0.39 is 15.8 Å². The van der Waals surface area contributed by atoms with E-state index in [4.69, 9.17) is 5.26 Å². The molecule has 1 heterocycles. The normalized spacial score (nSPS) is 20.1. The molecule has 0 amide bonds. The van der Waals surface area contributed by atoms with Gasteiger partial charge in [0.2, 0.25) is 10.0 Å². The average Bonchev–Trinajstić information content (AvgIpc) is 2.42. The molecule has 1 aromatic rings. The Morgan fingerprint density at radius 3 is 2.57 bits per heavy atom. The molecule has 0 radical (unpaired) electrons. The van der Waals surface area contributed by atoms with E-state index in [0.717, 1.165) is 12.1 Å². The fourth-order valence-electron chi connectivity index (χ4n) is 2.30. The summed E-state index contributed by atoms with van der Waals surface area (Å²) in [5, 5.41) is 8.83. The summed E-state index contributed by atoms with van der Waals surface area (Å²) in [6.45, 7) is 5.30. The molecule has 0 aromatic heterocycles. The Hall–Kier alpha value is -1.49. The lowest BCUT2D eigenvalue weighted by atomic mass is 10.0. The third-order valence-corrected chi connectivity index (χ3v) is 5.82. The maximum absolute atomic E-state index is 13.3. The minimum atomic E-state index is -3.72. The second-order valence-corrected chi connectivity index (χ2v) is 7.76. The molecule has 0 aliphatic carbocycles. The van der Waals surface area contributed by atoms with Gasteiger partial charge in [0, 0.05) is 25.2 Å². The maximum Gasteiger partial charge on any atom is 0.243 e. The van der Waals surface area contributed by atoms with Gasteiger partial charge >= 0.3 is 0 Å². The number of hydrogen-bond donors (Lipinski definition) is 0. The Bertz CT molecular complexity index is 695. The van der Waals surface area contributed by atoms with Crippen molar-refractivity contribution in [3.05, 3.63) is 29.6 Å². The lowest BCUT2D eigenvalue weighted by Crippen LogP contribution is -2.58. The molecule has 114 valence electrons. The number of nitrogens with zero attached hydrogens (tertiary/aromatic N) is 3. The highest BCUT2D eigenvalue weighted by atomic mass is 32.2. The smallest absolute Gasteiger partial charge is 0.243 e. The fourth-order valence-corrected chi connectivity index (χ4v) is 3.91. The first-order chi connectivity index (χ1) is 9.68. The topological polar surface area (TPSA) is 64.4 Å². The van der Waals surface area contributed by atoms with Crippen LogP contribution in [0.15, 0.2) is 23.1 Å². The molecule has 7 heteroatoms. The first-order valence-electron chi connectivity index (χ1n) is 6.59. The minimum Gasteiger partial charge on any atom is -0.299 e. The SMILES string of the molecule is CN1CCN(S(=O)(=O)c2ccc(F)c(C#N)c2)CC1(C)C. The van der Waals surface area contributed by atoms with Gasteiger partial charge in [-0.2, -0.15) is 9.57 Å². The Morgan fingerprint density at radius 1 is 1.33 bits per heavy atom. The number of halogens is 1. The van der Waals surface area contributed by atoms with Crippen LogP contribution in [0.4, 0.5) is 4.39 Å². The molecule has 0 atom stereocenters. The molecule has 2 rings (SSSR count). The number of piperazine rings is 1. The molecule has 21 heavy (non-hydrogen) atoms. The van der Waals surface area contributed by atoms with Gasteiger partial charge in [-0.3, -0.25) is 4.90 Å². The standard InChI is InChI=1S/C14H18FN3O2S/c1-14(2)10-18(7-6-17(14)3)21(19,20)12-4-5-13(15)11(8-12)9-16/h4-5,8H,6-7,10H2,1-3H3. The summed E-state index contributed by atoms with van der Waals surface area (Å²) in [4.78, 5) is 2.06. The highest BCUT2D eigenvalue weighted by Crippen LogP contribution is 2.25. The van der Waals surface area contributed by atoms with Crippen molar-refractivity contribution in [1.29, 1.82) is 5.26 Å². The number of likely N-dealkylation sites (N-methyl/N-ethyl adjacent to an activating group) is 1. The molecular formula is C14H18FN3O2S. The molecule has 0 unspecified atom stereocenters. The largest absolute Gasteiger partial charge is 0.299 e.